The molecule has 4 N–H and O–H groups in total. The number of para-hydroxylation sites is 1. The van der Waals surface area contributed by atoms with Gasteiger partial charge in [0.05, 0.1) is 17.9 Å². The first-order valence-electron chi connectivity index (χ1n) is 8.56. The molecule has 3 rings (SSSR count). The zero-order valence-electron chi connectivity index (χ0n) is 14.8. The van der Waals surface area contributed by atoms with E-state index in [1.54, 1.807) is 0 Å². The van der Waals surface area contributed by atoms with Gasteiger partial charge in [0.2, 0.25) is 5.91 Å². The van der Waals surface area contributed by atoms with Crippen LogP contribution in [0.2, 0.25) is 0 Å². The molecule has 1 amide bonds. The van der Waals surface area contributed by atoms with Gasteiger partial charge < -0.3 is 21.1 Å². The molecule has 1 atom stereocenters. The lowest BCUT2D eigenvalue weighted by molar-refractivity contribution is -0.137. The molecule has 0 saturated carbocycles. The Morgan fingerprint density at radius 3 is 2.61 bits per heavy atom. The first-order chi connectivity index (χ1) is 13.2. The fraction of sp³-hybridized carbons (Fsp3) is 0.316. The highest BCUT2D eigenvalue weighted by atomic mass is 19.4. The second-order valence-corrected chi connectivity index (χ2v) is 6.62. The average Bonchev–Trinajstić information content (AvgIpc) is 3.08. The monoisotopic (exact) mass is 397 g/mol. The molecule has 0 bridgehead atoms. The summed E-state index contributed by atoms with van der Waals surface area (Å²) in [5.74, 6) is -1.10. The standard InChI is InChI=1S/C19H19F4N3O2/c20-15-9-13(26-16-4-2-1-3-14(16)19(21,22)23)6-5-12(15)10-25-17(27)18(24)7-8-28-11-18/h1-6,9,26H,7-8,10-11,24H2,(H,25,27). The number of hydrogen-bond acceptors (Lipinski definition) is 4. The minimum atomic E-state index is -4.53. The van der Waals surface area contributed by atoms with Gasteiger partial charge in [-0.05, 0) is 30.7 Å². The summed E-state index contributed by atoms with van der Waals surface area (Å²) in [6.07, 6.45) is -4.16. The van der Waals surface area contributed by atoms with E-state index in [0.29, 0.717) is 13.0 Å². The smallest absolute Gasteiger partial charge is 0.379 e. The van der Waals surface area contributed by atoms with E-state index >= 15 is 0 Å². The number of carbonyl (C=O) groups is 1. The number of hydrogen-bond donors (Lipinski definition) is 3. The van der Waals surface area contributed by atoms with Crippen LogP contribution in [0.4, 0.5) is 28.9 Å². The lowest BCUT2D eigenvalue weighted by atomic mass is 9.99. The molecule has 1 aliphatic rings. The summed E-state index contributed by atoms with van der Waals surface area (Å²) in [6.45, 7) is 0.393. The molecule has 0 aromatic heterocycles. The Hall–Kier alpha value is -2.65. The highest BCUT2D eigenvalue weighted by molar-refractivity contribution is 5.86. The van der Waals surface area contributed by atoms with Crippen molar-refractivity contribution in [2.24, 2.45) is 5.73 Å². The number of ether oxygens (including phenoxy) is 1. The third-order valence-corrected chi connectivity index (χ3v) is 4.51. The molecule has 1 aliphatic heterocycles. The van der Waals surface area contributed by atoms with Crippen molar-refractivity contribution in [3.63, 3.8) is 0 Å². The largest absolute Gasteiger partial charge is 0.418 e. The number of benzene rings is 2. The van der Waals surface area contributed by atoms with E-state index in [2.05, 4.69) is 10.6 Å². The Morgan fingerprint density at radius 1 is 1.21 bits per heavy atom. The third kappa shape index (κ3) is 4.42. The van der Waals surface area contributed by atoms with Gasteiger partial charge in [0.15, 0.2) is 0 Å². The van der Waals surface area contributed by atoms with Gasteiger partial charge in [0.1, 0.15) is 11.4 Å². The van der Waals surface area contributed by atoms with Crippen molar-refractivity contribution in [3.8, 4) is 0 Å². The number of alkyl halides is 3. The number of nitrogens with one attached hydrogen (secondary N) is 2. The summed E-state index contributed by atoms with van der Waals surface area (Å²) in [4.78, 5) is 12.1. The molecule has 9 heteroatoms. The van der Waals surface area contributed by atoms with Crippen molar-refractivity contribution in [2.45, 2.75) is 24.7 Å². The molecular formula is C19H19F4N3O2. The molecule has 0 radical (unpaired) electrons. The molecule has 2 aromatic carbocycles. The van der Waals surface area contributed by atoms with Crippen LogP contribution in [0, 0.1) is 5.82 Å². The molecule has 5 nitrogen and oxygen atoms in total. The van der Waals surface area contributed by atoms with Crippen LogP contribution < -0.4 is 16.4 Å². The summed E-state index contributed by atoms with van der Waals surface area (Å²) < 4.78 is 58.6. The first-order valence-corrected chi connectivity index (χ1v) is 8.56. The van der Waals surface area contributed by atoms with Gasteiger partial charge in [0, 0.05) is 24.4 Å². The summed E-state index contributed by atoms with van der Waals surface area (Å²) in [6, 6.07) is 8.84. The number of nitrogens with two attached hydrogens (primary N) is 1. The van der Waals surface area contributed by atoms with Crippen LogP contribution in [0.3, 0.4) is 0 Å². The Bertz CT molecular complexity index is 864. The molecule has 1 fully saturated rings. The summed E-state index contributed by atoms with van der Waals surface area (Å²) in [7, 11) is 0. The van der Waals surface area contributed by atoms with Gasteiger partial charge in [-0.2, -0.15) is 13.2 Å². The van der Waals surface area contributed by atoms with Crippen LogP contribution in [-0.2, 0) is 22.3 Å². The minimum absolute atomic E-state index is 0.0942. The third-order valence-electron chi connectivity index (χ3n) is 4.51. The molecule has 0 aliphatic carbocycles. The van der Waals surface area contributed by atoms with E-state index in [1.807, 2.05) is 0 Å². The Labute approximate surface area is 158 Å². The van der Waals surface area contributed by atoms with Crippen molar-refractivity contribution in [1.29, 1.82) is 0 Å². The van der Waals surface area contributed by atoms with E-state index < -0.39 is 29.0 Å². The van der Waals surface area contributed by atoms with Crippen molar-refractivity contribution < 1.29 is 27.1 Å². The number of anilines is 2. The van der Waals surface area contributed by atoms with E-state index in [4.69, 9.17) is 10.5 Å². The van der Waals surface area contributed by atoms with Gasteiger partial charge in [0.25, 0.3) is 0 Å². The van der Waals surface area contributed by atoms with Crippen LogP contribution in [-0.4, -0.2) is 24.7 Å². The van der Waals surface area contributed by atoms with E-state index in [9.17, 15) is 22.4 Å². The minimum Gasteiger partial charge on any atom is -0.379 e. The molecule has 1 saturated heterocycles. The highest BCUT2D eigenvalue weighted by Gasteiger charge is 2.38. The van der Waals surface area contributed by atoms with Crippen LogP contribution in [0.15, 0.2) is 42.5 Å². The Kier molecular flexibility index (Phi) is 5.57. The molecule has 2 aromatic rings. The number of carbonyl (C=O) groups excluding carboxylic acids is 1. The zero-order valence-corrected chi connectivity index (χ0v) is 14.8. The lowest BCUT2D eigenvalue weighted by Crippen LogP contribution is -2.54. The van der Waals surface area contributed by atoms with Crippen molar-refractivity contribution in [2.75, 3.05) is 18.5 Å². The fourth-order valence-corrected chi connectivity index (χ4v) is 2.87. The van der Waals surface area contributed by atoms with Gasteiger partial charge in [-0.1, -0.05) is 18.2 Å². The highest BCUT2D eigenvalue weighted by Crippen LogP contribution is 2.36. The van der Waals surface area contributed by atoms with Crippen molar-refractivity contribution >= 4 is 17.3 Å². The molecule has 1 heterocycles. The predicted molar refractivity (Wildman–Crippen MR) is 95.3 cm³/mol. The first kappa shape index (κ1) is 20.1. The molecule has 0 spiro atoms. The lowest BCUT2D eigenvalue weighted by Gasteiger charge is -2.20. The fourth-order valence-electron chi connectivity index (χ4n) is 2.87. The predicted octanol–water partition coefficient (Wildman–Crippen LogP) is 3.32. The van der Waals surface area contributed by atoms with Crippen LogP contribution in [0.25, 0.3) is 0 Å². The topological polar surface area (TPSA) is 76.4 Å². The van der Waals surface area contributed by atoms with Crippen LogP contribution in [0.1, 0.15) is 17.5 Å². The Balaban J connectivity index is 1.69. The van der Waals surface area contributed by atoms with Gasteiger partial charge >= 0.3 is 6.18 Å². The van der Waals surface area contributed by atoms with Gasteiger partial charge in [-0.25, -0.2) is 4.39 Å². The van der Waals surface area contributed by atoms with E-state index in [-0.39, 0.29) is 30.1 Å². The summed E-state index contributed by atoms with van der Waals surface area (Å²) >= 11 is 0. The van der Waals surface area contributed by atoms with Crippen LogP contribution >= 0.6 is 0 Å². The maximum absolute atomic E-state index is 14.3. The molecular weight excluding hydrogens is 378 g/mol. The van der Waals surface area contributed by atoms with E-state index in [0.717, 1.165) is 12.1 Å². The second kappa shape index (κ2) is 7.76. The van der Waals surface area contributed by atoms with Crippen molar-refractivity contribution in [1.82, 2.24) is 5.32 Å². The molecule has 1 unspecified atom stereocenters. The zero-order chi connectivity index (χ0) is 20.4. The number of amides is 1. The second-order valence-electron chi connectivity index (χ2n) is 6.62. The number of rotatable bonds is 5. The van der Waals surface area contributed by atoms with Gasteiger partial charge in [-0.3, -0.25) is 4.79 Å². The summed E-state index contributed by atoms with van der Waals surface area (Å²) in [5, 5.41) is 5.15. The SMILES string of the molecule is NC1(C(=O)NCc2ccc(Nc3ccccc3C(F)(F)F)cc2F)CCOC1. The normalized spacial score (nSPS) is 19.5. The average molecular weight is 397 g/mol. The molecule has 150 valence electrons. The number of halogens is 4. The van der Waals surface area contributed by atoms with E-state index in [1.165, 1.54) is 30.3 Å². The maximum atomic E-state index is 14.3. The quantitative estimate of drug-likeness (QED) is 0.677. The molecule has 28 heavy (non-hydrogen) atoms. The van der Waals surface area contributed by atoms with Crippen LogP contribution in [0.5, 0.6) is 0 Å². The maximum Gasteiger partial charge on any atom is 0.418 e. The van der Waals surface area contributed by atoms with Crippen molar-refractivity contribution in [3.05, 3.63) is 59.4 Å². The summed E-state index contributed by atoms with van der Waals surface area (Å²) in [5.41, 5.74) is 4.12. The van der Waals surface area contributed by atoms with Gasteiger partial charge in [-0.15, -0.1) is 0 Å². The Morgan fingerprint density at radius 2 is 1.96 bits per heavy atom.